The molecule has 0 radical (unpaired) electrons. The van der Waals surface area contributed by atoms with Gasteiger partial charge in [-0.15, -0.1) is 0 Å². The summed E-state index contributed by atoms with van der Waals surface area (Å²) in [6.45, 7) is 1.01. The molecule has 0 fully saturated rings. The lowest BCUT2D eigenvalue weighted by atomic mass is 9.89. The van der Waals surface area contributed by atoms with Crippen molar-refractivity contribution in [3.05, 3.63) is 47.0 Å². The molecule has 0 unspecified atom stereocenters. The van der Waals surface area contributed by atoms with Gasteiger partial charge in [-0.1, -0.05) is 24.3 Å². The maximum absolute atomic E-state index is 12.2. The van der Waals surface area contributed by atoms with Gasteiger partial charge in [0.15, 0.2) is 11.6 Å². The Hall–Kier alpha value is -2.23. The van der Waals surface area contributed by atoms with E-state index in [9.17, 15) is 9.59 Å². The lowest BCUT2D eigenvalue weighted by Crippen LogP contribution is -2.22. The number of hydrogen-bond acceptors (Lipinski definition) is 4. The molecule has 1 aromatic rings. The minimum atomic E-state index is -0.194. The van der Waals surface area contributed by atoms with Crippen molar-refractivity contribution in [2.75, 3.05) is 13.2 Å². The molecule has 0 saturated carbocycles. The topological polar surface area (TPSA) is 55.7 Å². The predicted octanol–water partition coefficient (Wildman–Crippen LogP) is 1.42. The maximum atomic E-state index is 12.2. The predicted molar refractivity (Wildman–Crippen MR) is 61.4 cm³/mol. The summed E-state index contributed by atoms with van der Waals surface area (Å²) < 4.78 is 5.23. The summed E-state index contributed by atoms with van der Waals surface area (Å²) >= 11 is 0. The summed E-state index contributed by atoms with van der Waals surface area (Å²) in [5.41, 5.74) is 1.14. The first-order chi connectivity index (χ1) is 8.27. The van der Waals surface area contributed by atoms with Crippen LogP contribution in [0.4, 0.5) is 0 Å². The van der Waals surface area contributed by atoms with E-state index < -0.39 is 0 Å². The van der Waals surface area contributed by atoms with Crippen LogP contribution in [0.5, 0.6) is 0 Å². The van der Waals surface area contributed by atoms with Gasteiger partial charge in [-0.2, -0.15) is 0 Å². The van der Waals surface area contributed by atoms with Gasteiger partial charge in [0.2, 0.25) is 5.90 Å². The van der Waals surface area contributed by atoms with Crippen molar-refractivity contribution >= 4 is 17.5 Å². The molecule has 0 bridgehead atoms. The first-order valence-electron chi connectivity index (χ1n) is 5.35. The van der Waals surface area contributed by atoms with Crippen LogP contribution in [-0.4, -0.2) is 30.6 Å². The van der Waals surface area contributed by atoms with Gasteiger partial charge in [-0.05, 0) is 0 Å². The van der Waals surface area contributed by atoms with E-state index in [1.165, 1.54) is 6.08 Å². The van der Waals surface area contributed by atoms with Crippen LogP contribution in [0.25, 0.3) is 0 Å². The second-order valence-corrected chi connectivity index (χ2v) is 3.83. The smallest absolute Gasteiger partial charge is 0.220 e. The van der Waals surface area contributed by atoms with E-state index in [4.69, 9.17) is 4.74 Å². The third-order valence-corrected chi connectivity index (χ3v) is 2.77. The van der Waals surface area contributed by atoms with Gasteiger partial charge in [0.05, 0.1) is 12.1 Å². The summed E-state index contributed by atoms with van der Waals surface area (Å²) in [5.74, 6) is -0.0768. The molecule has 0 N–H and O–H groups in total. The average molecular weight is 227 g/mol. The van der Waals surface area contributed by atoms with E-state index in [0.717, 1.165) is 0 Å². The van der Waals surface area contributed by atoms with Gasteiger partial charge in [0.1, 0.15) is 6.61 Å². The first kappa shape index (κ1) is 9.96. The van der Waals surface area contributed by atoms with Gasteiger partial charge in [-0.25, -0.2) is 4.99 Å². The van der Waals surface area contributed by atoms with Crippen LogP contribution in [-0.2, 0) is 4.74 Å². The Bertz CT molecular complexity index is 584. The van der Waals surface area contributed by atoms with Crippen molar-refractivity contribution in [3.8, 4) is 0 Å². The summed E-state index contributed by atoms with van der Waals surface area (Å²) in [6, 6.07) is 6.79. The Morgan fingerprint density at radius 1 is 1.12 bits per heavy atom. The maximum Gasteiger partial charge on any atom is 0.220 e. The molecule has 1 heterocycles. The molecular formula is C13H9NO3. The molecule has 3 rings (SSSR count). The highest BCUT2D eigenvalue weighted by Crippen LogP contribution is 2.23. The Morgan fingerprint density at radius 2 is 1.88 bits per heavy atom. The number of allylic oxidation sites excluding steroid dienone is 1. The highest BCUT2D eigenvalue weighted by molar-refractivity contribution is 6.34. The van der Waals surface area contributed by atoms with Crippen molar-refractivity contribution in [1.82, 2.24) is 0 Å². The lowest BCUT2D eigenvalue weighted by molar-refractivity contribution is 0.0986. The lowest BCUT2D eigenvalue weighted by Gasteiger charge is -2.14. The number of benzene rings is 1. The number of carbonyl (C=O) groups is 2. The number of fused-ring (bicyclic) bond motifs is 1. The molecule has 0 saturated heterocycles. The monoisotopic (exact) mass is 227 g/mol. The van der Waals surface area contributed by atoms with Crippen LogP contribution in [0.3, 0.4) is 0 Å². The number of carbonyl (C=O) groups excluding carboxylic acids is 2. The molecule has 0 aromatic heterocycles. The number of ether oxygens (including phenoxy) is 1. The normalized spacial score (nSPS) is 18.4. The van der Waals surface area contributed by atoms with Crippen LogP contribution in [0.15, 0.2) is 40.9 Å². The SMILES string of the molecule is O=C1C=C(C2=NCCO2)C(=O)c2ccccc21. The highest BCUT2D eigenvalue weighted by atomic mass is 16.5. The number of aliphatic imine (C=N–C) groups is 1. The minimum absolute atomic E-state index is 0.173. The molecule has 0 spiro atoms. The quantitative estimate of drug-likeness (QED) is 0.729. The minimum Gasteiger partial charge on any atom is -0.475 e. The summed E-state index contributed by atoms with van der Waals surface area (Å²) in [4.78, 5) is 28.1. The van der Waals surface area contributed by atoms with Crippen molar-refractivity contribution in [3.63, 3.8) is 0 Å². The molecule has 1 aromatic carbocycles. The molecular weight excluding hydrogens is 218 g/mol. The Balaban J connectivity index is 2.11. The zero-order valence-corrected chi connectivity index (χ0v) is 8.97. The van der Waals surface area contributed by atoms with Gasteiger partial charge in [0, 0.05) is 17.2 Å². The van der Waals surface area contributed by atoms with Gasteiger partial charge in [-0.3, -0.25) is 9.59 Å². The van der Waals surface area contributed by atoms with Crippen molar-refractivity contribution < 1.29 is 14.3 Å². The Kier molecular flexibility index (Phi) is 2.14. The zero-order valence-electron chi connectivity index (χ0n) is 8.97. The Labute approximate surface area is 97.6 Å². The number of hydrogen-bond donors (Lipinski definition) is 0. The first-order valence-corrected chi connectivity index (χ1v) is 5.35. The molecule has 2 aliphatic rings. The van der Waals surface area contributed by atoms with E-state index in [-0.39, 0.29) is 23.0 Å². The molecule has 17 heavy (non-hydrogen) atoms. The molecule has 0 atom stereocenters. The zero-order chi connectivity index (χ0) is 11.8. The molecule has 1 aliphatic heterocycles. The second kappa shape index (κ2) is 3.66. The van der Waals surface area contributed by atoms with Crippen molar-refractivity contribution in [2.45, 2.75) is 0 Å². The van der Waals surface area contributed by atoms with E-state index in [1.54, 1.807) is 24.3 Å². The van der Waals surface area contributed by atoms with Gasteiger partial charge < -0.3 is 4.74 Å². The van der Waals surface area contributed by atoms with Crippen LogP contribution < -0.4 is 0 Å². The third-order valence-electron chi connectivity index (χ3n) is 2.77. The molecule has 4 heteroatoms. The molecule has 1 aliphatic carbocycles. The largest absolute Gasteiger partial charge is 0.475 e. The fraction of sp³-hybridized carbons (Fsp3) is 0.154. The van der Waals surface area contributed by atoms with Gasteiger partial charge >= 0.3 is 0 Å². The van der Waals surface area contributed by atoms with Crippen LogP contribution in [0, 0.1) is 0 Å². The summed E-state index contributed by atoms with van der Waals surface area (Å²) in [6.07, 6.45) is 1.31. The van der Waals surface area contributed by atoms with Crippen LogP contribution in [0.2, 0.25) is 0 Å². The highest BCUT2D eigenvalue weighted by Gasteiger charge is 2.29. The fourth-order valence-electron chi connectivity index (χ4n) is 1.97. The van der Waals surface area contributed by atoms with Gasteiger partial charge in [0.25, 0.3) is 0 Å². The van der Waals surface area contributed by atoms with E-state index >= 15 is 0 Å². The fourth-order valence-corrected chi connectivity index (χ4v) is 1.97. The third kappa shape index (κ3) is 1.49. The summed E-state index contributed by atoms with van der Waals surface area (Å²) in [5, 5.41) is 0. The molecule has 4 nitrogen and oxygen atoms in total. The Morgan fingerprint density at radius 3 is 2.59 bits per heavy atom. The number of Topliss-reactive ketones (excluding diaryl/α,β-unsaturated/α-hetero) is 1. The molecule has 84 valence electrons. The summed E-state index contributed by atoms with van der Waals surface area (Å²) in [7, 11) is 0. The standard InChI is InChI=1S/C13H9NO3/c15-11-7-10(13-14-5-6-17-13)12(16)9-4-2-1-3-8(9)11/h1-4,7H,5-6H2. The molecule has 0 amide bonds. The van der Waals surface area contributed by atoms with Crippen molar-refractivity contribution in [1.29, 1.82) is 0 Å². The van der Waals surface area contributed by atoms with Crippen LogP contribution in [0.1, 0.15) is 20.7 Å². The van der Waals surface area contributed by atoms with E-state index in [1.807, 2.05) is 0 Å². The van der Waals surface area contributed by atoms with Crippen LogP contribution >= 0.6 is 0 Å². The number of rotatable bonds is 1. The van der Waals surface area contributed by atoms with E-state index in [0.29, 0.717) is 24.3 Å². The number of nitrogens with zero attached hydrogens (tertiary/aromatic N) is 1. The van der Waals surface area contributed by atoms with Crippen molar-refractivity contribution in [2.24, 2.45) is 4.99 Å². The number of ketones is 2. The average Bonchev–Trinajstić information content (AvgIpc) is 2.87. The second-order valence-electron chi connectivity index (χ2n) is 3.83. The van der Waals surface area contributed by atoms with E-state index in [2.05, 4.69) is 4.99 Å².